The summed E-state index contributed by atoms with van der Waals surface area (Å²) in [6.45, 7) is 1.32. The Hall–Kier alpha value is -1.38. The quantitative estimate of drug-likeness (QED) is 0.391. The van der Waals surface area contributed by atoms with E-state index in [0.717, 1.165) is 18.0 Å². The Labute approximate surface area is 154 Å². The first-order chi connectivity index (χ1) is 10.7. The summed E-state index contributed by atoms with van der Waals surface area (Å²) in [5.74, 6) is 3.18. The van der Waals surface area contributed by atoms with Crippen LogP contribution in [-0.4, -0.2) is 33.8 Å². The van der Waals surface area contributed by atoms with Crippen molar-refractivity contribution in [3.8, 4) is 17.2 Å². The molecule has 23 heavy (non-hydrogen) atoms. The van der Waals surface area contributed by atoms with Gasteiger partial charge in [0.25, 0.3) is 0 Å². The summed E-state index contributed by atoms with van der Waals surface area (Å²) in [5, 5.41) is 3.17. The van der Waals surface area contributed by atoms with Gasteiger partial charge in [-0.25, -0.2) is 4.99 Å². The molecule has 6 nitrogen and oxygen atoms in total. The Morgan fingerprint density at radius 1 is 1.13 bits per heavy atom. The van der Waals surface area contributed by atoms with E-state index in [9.17, 15) is 0 Å². The van der Waals surface area contributed by atoms with E-state index in [2.05, 4.69) is 10.3 Å². The number of halogens is 1. The third kappa shape index (κ3) is 5.33. The number of methoxy groups -OCH3 is 3. The highest BCUT2D eigenvalue weighted by atomic mass is 127. The minimum absolute atomic E-state index is 0. The predicted octanol–water partition coefficient (Wildman–Crippen LogP) is 2.53. The predicted molar refractivity (Wildman–Crippen MR) is 102 cm³/mol. The molecule has 1 aromatic carbocycles. The standard InChI is InChI=1S/C16H25N3O3.HI/c1-20-13-8-15(22-3)14(21-2)7-12(13)10-19-16(17)18-9-11-5-4-6-11;/h7-8,11H,4-6,9-10H2,1-3H3,(H3,17,18,19);1H. The van der Waals surface area contributed by atoms with Gasteiger partial charge in [-0.15, -0.1) is 24.0 Å². The van der Waals surface area contributed by atoms with Gasteiger partial charge in [-0.2, -0.15) is 0 Å². The number of benzene rings is 1. The zero-order chi connectivity index (χ0) is 15.9. The fraction of sp³-hybridized carbons (Fsp3) is 0.562. The third-order valence-electron chi connectivity index (χ3n) is 4.00. The summed E-state index contributed by atoms with van der Waals surface area (Å²) in [4.78, 5) is 4.37. The number of rotatable bonds is 7. The molecular formula is C16H26IN3O3. The molecule has 1 aliphatic rings. The Bertz CT molecular complexity index is 534. The first-order valence-corrected chi connectivity index (χ1v) is 7.50. The number of hydrogen-bond acceptors (Lipinski definition) is 4. The molecule has 3 N–H and O–H groups in total. The number of nitrogens with zero attached hydrogens (tertiary/aromatic N) is 1. The zero-order valence-electron chi connectivity index (χ0n) is 13.9. The van der Waals surface area contributed by atoms with Gasteiger partial charge in [-0.1, -0.05) is 6.42 Å². The smallest absolute Gasteiger partial charge is 0.188 e. The third-order valence-corrected chi connectivity index (χ3v) is 4.00. The Morgan fingerprint density at radius 3 is 2.26 bits per heavy atom. The first kappa shape index (κ1) is 19.7. The SMILES string of the molecule is COc1cc(OC)c(OC)cc1CN=C(N)NCC1CCC1.I. The van der Waals surface area contributed by atoms with Gasteiger partial charge in [0.15, 0.2) is 17.5 Å². The lowest BCUT2D eigenvalue weighted by molar-refractivity contribution is 0.315. The molecular weight excluding hydrogens is 409 g/mol. The Balaban J connectivity index is 0.00000264. The molecule has 0 saturated heterocycles. The van der Waals surface area contributed by atoms with E-state index >= 15 is 0 Å². The largest absolute Gasteiger partial charge is 0.496 e. The second kappa shape index (κ2) is 9.69. The van der Waals surface area contributed by atoms with Crippen LogP contribution in [0.15, 0.2) is 17.1 Å². The van der Waals surface area contributed by atoms with E-state index in [1.165, 1.54) is 19.3 Å². The van der Waals surface area contributed by atoms with Crippen molar-refractivity contribution < 1.29 is 14.2 Å². The van der Waals surface area contributed by atoms with Crippen molar-refractivity contribution in [2.75, 3.05) is 27.9 Å². The summed E-state index contributed by atoms with van der Waals surface area (Å²) in [6, 6.07) is 3.65. The lowest BCUT2D eigenvalue weighted by atomic mass is 9.85. The van der Waals surface area contributed by atoms with Crippen LogP contribution in [-0.2, 0) is 6.54 Å². The van der Waals surface area contributed by atoms with E-state index in [0.29, 0.717) is 29.8 Å². The van der Waals surface area contributed by atoms with Crippen LogP contribution in [0.3, 0.4) is 0 Å². The maximum absolute atomic E-state index is 5.91. The van der Waals surface area contributed by atoms with Crippen molar-refractivity contribution in [2.45, 2.75) is 25.8 Å². The number of aliphatic imine (C=N–C) groups is 1. The van der Waals surface area contributed by atoms with Crippen LogP contribution in [0.4, 0.5) is 0 Å². The van der Waals surface area contributed by atoms with Crippen molar-refractivity contribution in [1.29, 1.82) is 0 Å². The van der Waals surface area contributed by atoms with Crippen LogP contribution in [0.25, 0.3) is 0 Å². The number of nitrogens with one attached hydrogen (secondary N) is 1. The number of nitrogens with two attached hydrogens (primary N) is 1. The molecule has 1 aliphatic carbocycles. The van der Waals surface area contributed by atoms with Crippen LogP contribution in [0.5, 0.6) is 17.2 Å². The summed E-state index contributed by atoms with van der Waals surface area (Å²) in [7, 11) is 4.82. The summed E-state index contributed by atoms with van der Waals surface area (Å²) < 4.78 is 16.0. The Kier molecular flexibility index (Phi) is 8.29. The lowest BCUT2D eigenvalue weighted by Gasteiger charge is -2.25. The number of guanidine groups is 1. The van der Waals surface area contributed by atoms with E-state index in [4.69, 9.17) is 19.9 Å². The molecule has 0 radical (unpaired) electrons. The molecule has 0 bridgehead atoms. The molecule has 0 amide bonds. The van der Waals surface area contributed by atoms with Crippen LogP contribution < -0.4 is 25.3 Å². The molecule has 0 unspecified atom stereocenters. The number of ether oxygens (including phenoxy) is 3. The van der Waals surface area contributed by atoms with Crippen molar-refractivity contribution >= 4 is 29.9 Å². The van der Waals surface area contributed by atoms with Crippen molar-refractivity contribution in [3.05, 3.63) is 17.7 Å². The topological polar surface area (TPSA) is 78.1 Å². The van der Waals surface area contributed by atoms with Crippen LogP contribution >= 0.6 is 24.0 Å². The second-order valence-electron chi connectivity index (χ2n) is 5.40. The molecule has 0 heterocycles. The van der Waals surface area contributed by atoms with Gasteiger partial charge < -0.3 is 25.3 Å². The summed E-state index contributed by atoms with van der Waals surface area (Å²) in [5.41, 5.74) is 6.81. The fourth-order valence-electron chi connectivity index (χ4n) is 2.39. The summed E-state index contributed by atoms with van der Waals surface area (Å²) >= 11 is 0. The van der Waals surface area contributed by atoms with Crippen molar-refractivity contribution in [1.82, 2.24) is 5.32 Å². The van der Waals surface area contributed by atoms with Crippen molar-refractivity contribution in [3.63, 3.8) is 0 Å². The highest BCUT2D eigenvalue weighted by Gasteiger charge is 2.17. The maximum atomic E-state index is 5.91. The first-order valence-electron chi connectivity index (χ1n) is 7.50. The minimum atomic E-state index is 0. The minimum Gasteiger partial charge on any atom is -0.496 e. The Morgan fingerprint density at radius 2 is 1.74 bits per heavy atom. The van der Waals surface area contributed by atoms with E-state index < -0.39 is 0 Å². The zero-order valence-corrected chi connectivity index (χ0v) is 16.3. The molecule has 1 aromatic rings. The van der Waals surface area contributed by atoms with Gasteiger partial charge in [0.05, 0.1) is 27.9 Å². The molecule has 130 valence electrons. The molecule has 0 aromatic heterocycles. The lowest BCUT2D eigenvalue weighted by Crippen LogP contribution is -2.37. The van der Waals surface area contributed by atoms with Crippen LogP contribution in [0.2, 0.25) is 0 Å². The van der Waals surface area contributed by atoms with E-state index in [-0.39, 0.29) is 24.0 Å². The highest BCUT2D eigenvalue weighted by Crippen LogP contribution is 2.34. The van der Waals surface area contributed by atoms with Gasteiger partial charge >= 0.3 is 0 Å². The van der Waals surface area contributed by atoms with Gasteiger partial charge in [-0.3, -0.25) is 0 Å². The van der Waals surface area contributed by atoms with Crippen molar-refractivity contribution in [2.24, 2.45) is 16.6 Å². The monoisotopic (exact) mass is 435 g/mol. The van der Waals surface area contributed by atoms with Crippen LogP contribution in [0, 0.1) is 5.92 Å². The molecule has 0 spiro atoms. The normalized spacial score (nSPS) is 14.5. The van der Waals surface area contributed by atoms with E-state index in [1.54, 1.807) is 27.4 Å². The molecule has 1 fully saturated rings. The van der Waals surface area contributed by atoms with Gasteiger partial charge in [0.2, 0.25) is 0 Å². The fourth-order valence-corrected chi connectivity index (χ4v) is 2.39. The maximum Gasteiger partial charge on any atom is 0.188 e. The highest BCUT2D eigenvalue weighted by molar-refractivity contribution is 14.0. The second-order valence-corrected chi connectivity index (χ2v) is 5.40. The molecule has 7 heteroatoms. The average Bonchev–Trinajstić information content (AvgIpc) is 2.50. The molecule has 1 saturated carbocycles. The molecule has 0 aliphatic heterocycles. The number of hydrogen-bond donors (Lipinski definition) is 2. The molecule has 0 atom stereocenters. The summed E-state index contributed by atoms with van der Waals surface area (Å²) in [6.07, 6.45) is 3.89. The van der Waals surface area contributed by atoms with Crippen LogP contribution in [0.1, 0.15) is 24.8 Å². The van der Waals surface area contributed by atoms with Gasteiger partial charge in [0.1, 0.15) is 5.75 Å². The van der Waals surface area contributed by atoms with Gasteiger partial charge in [0, 0.05) is 18.2 Å². The molecule has 2 rings (SSSR count). The van der Waals surface area contributed by atoms with Gasteiger partial charge in [-0.05, 0) is 24.8 Å². The van der Waals surface area contributed by atoms with E-state index in [1.807, 2.05) is 6.07 Å². The average molecular weight is 435 g/mol.